The number of benzene rings is 1. The summed E-state index contributed by atoms with van der Waals surface area (Å²) in [5, 5.41) is 8.66. The van der Waals surface area contributed by atoms with Crippen molar-refractivity contribution in [1.82, 2.24) is 4.98 Å². The molecule has 3 N–H and O–H groups in total. The van der Waals surface area contributed by atoms with Crippen LogP contribution in [0.15, 0.2) is 36.5 Å². The summed E-state index contributed by atoms with van der Waals surface area (Å²) in [6.45, 7) is 8.36. The van der Waals surface area contributed by atoms with Crippen molar-refractivity contribution in [2.75, 3.05) is 37.4 Å². The molecule has 2 rings (SSSR count). The maximum absolute atomic E-state index is 8.66. The predicted molar refractivity (Wildman–Crippen MR) is 111 cm³/mol. The molecule has 2 aromatic rings. The fraction of sp³-hybridized carbons (Fsp3) is 0.429. The Balaban J connectivity index is 2.29. The first kappa shape index (κ1) is 20.7. The number of nitrogens with one attached hydrogen (secondary N) is 1. The van der Waals surface area contributed by atoms with Crippen LogP contribution in [0.5, 0.6) is 5.75 Å². The second kappa shape index (κ2) is 9.92. The van der Waals surface area contributed by atoms with E-state index in [4.69, 9.17) is 20.6 Å². The minimum absolute atomic E-state index is 0.113. The van der Waals surface area contributed by atoms with Gasteiger partial charge in [-0.15, -0.1) is 0 Å². The standard InChI is InChI=1S/C21H30N4O2/c1-5-15(3)27-17-7-8-19(22)18(14-17)21(23)16-9-10-24-20(13-16)25(6-2)11-12-26-4/h7-10,13-15,23H,5-6,11-12,22H2,1-4H3. The van der Waals surface area contributed by atoms with E-state index in [2.05, 4.69) is 23.7 Å². The molecule has 6 heteroatoms. The van der Waals surface area contributed by atoms with Crippen molar-refractivity contribution in [3.63, 3.8) is 0 Å². The van der Waals surface area contributed by atoms with Crippen LogP contribution in [0.4, 0.5) is 11.5 Å². The Morgan fingerprint density at radius 3 is 2.70 bits per heavy atom. The SMILES string of the molecule is CCC(C)Oc1ccc(N)c(C(=N)c2ccnc(N(CC)CCOC)c2)c1. The number of pyridine rings is 1. The van der Waals surface area contributed by atoms with E-state index in [0.717, 1.165) is 36.6 Å². The molecule has 0 bridgehead atoms. The van der Waals surface area contributed by atoms with Gasteiger partial charge in [-0.3, -0.25) is 5.41 Å². The summed E-state index contributed by atoms with van der Waals surface area (Å²) in [4.78, 5) is 6.56. The van der Waals surface area contributed by atoms with Gasteiger partial charge >= 0.3 is 0 Å². The van der Waals surface area contributed by atoms with E-state index in [-0.39, 0.29) is 6.10 Å². The van der Waals surface area contributed by atoms with Gasteiger partial charge in [0.15, 0.2) is 0 Å². The molecule has 0 aliphatic heterocycles. The highest BCUT2D eigenvalue weighted by Crippen LogP contribution is 2.25. The molecule has 1 heterocycles. The molecule has 1 unspecified atom stereocenters. The zero-order chi connectivity index (χ0) is 19.8. The molecule has 0 aliphatic carbocycles. The highest BCUT2D eigenvalue weighted by molar-refractivity contribution is 6.14. The van der Waals surface area contributed by atoms with Crippen LogP contribution in [0.3, 0.4) is 0 Å². The normalized spacial score (nSPS) is 11.9. The first-order valence-corrected chi connectivity index (χ1v) is 9.35. The van der Waals surface area contributed by atoms with Gasteiger partial charge < -0.3 is 20.1 Å². The average Bonchev–Trinajstić information content (AvgIpc) is 2.69. The quantitative estimate of drug-likeness (QED) is 0.492. The molecular formula is C21H30N4O2. The van der Waals surface area contributed by atoms with E-state index >= 15 is 0 Å². The summed E-state index contributed by atoms with van der Waals surface area (Å²) in [7, 11) is 1.69. The van der Waals surface area contributed by atoms with Gasteiger partial charge in [-0.05, 0) is 50.6 Å². The van der Waals surface area contributed by atoms with E-state index < -0.39 is 0 Å². The summed E-state index contributed by atoms with van der Waals surface area (Å²) in [6.07, 6.45) is 2.76. The molecule has 0 saturated heterocycles. The monoisotopic (exact) mass is 370 g/mol. The highest BCUT2D eigenvalue weighted by Gasteiger charge is 2.14. The molecule has 146 valence electrons. The van der Waals surface area contributed by atoms with Gasteiger partial charge in [0.25, 0.3) is 0 Å². The molecule has 0 spiro atoms. The summed E-state index contributed by atoms with van der Waals surface area (Å²) >= 11 is 0. The molecule has 1 atom stereocenters. The third kappa shape index (κ3) is 5.44. The van der Waals surface area contributed by atoms with Crippen LogP contribution < -0.4 is 15.4 Å². The number of ether oxygens (including phenoxy) is 2. The second-order valence-corrected chi connectivity index (χ2v) is 6.44. The summed E-state index contributed by atoms with van der Waals surface area (Å²) in [5.74, 6) is 1.55. The number of hydrogen-bond donors (Lipinski definition) is 2. The molecule has 1 aromatic heterocycles. The minimum atomic E-state index is 0.113. The van der Waals surface area contributed by atoms with Crippen molar-refractivity contribution in [1.29, 1.82) is 5.41 Å². The number of anilines is 2. The third-order valence-electron chi connectivity index (χ3n) is 4.51. The number of nitrogen functional groups attached to an aromatic ring is 1. The van der Waals surface area contributed by atoms with Gasteiger partial charge in [-0.2, -0.15) is 0 Å². The van der Waals surface area contributed by atoms with Crippen molar-refractivity contribution >= 4 is 17.2 Å². The molecule has 0 amide bonds. The topological polar surface area (TPSA) is 84.5 Å². The molecule has 0 radical (unpaired) electrons. The summed E-state index contributed by atoms with van der Waals surface area (Å²) < 4.78 is 11.1. The number of nitrogens with zero attached hydrogens (tertiary/aromatic N) is 2. The van der Waals surface area contributed by atoms with Gasteiger partial charge in [0.2, 0.25) is 0 Å². The van der Waals surface area contributed by atoms with Crippen LogP contribution in [0.25, 0.3) is 0 Å². The Bertz CT molecular complexity index is 764. The number of methoxy groups -OCH3 is 1. The lowest BCUT2D eigenvalue weighted by Gasteiger charge is -2.22. The second-order valence-electron chi connectivity index (χ2n) is 6.44. The van der Waals surface area contributed by atoms with Crippen LogP contribution in [0.2, 0.25) is 0 Å². The Hall–Kier alpha value is -2.60. The molecule has 0 fully saturated rings. The summed E-state index contributed by atoms with van der Waals surface area (Å²) in [6, 6.07) is 9.23. The van der Waals surface area contributed by atoms with Crippen LogP contribution in [0, 0.1) is 5.41 Å². The summed E-state index contributed by atoms with van der Waals surface area (Å²) in [5.41, 5.74) is 8.48. The third-order valence-corrected chi connectivity index (χ3v) is 4.51. The molecular weight excluding hydrogens is 340 g/mol. The highest BCUT2D eigenvalue weighted by atomic mass is 16.5. The van der Waals surface area contributed by atoms with Gasteiger partial charge in [0, 0.05) is 43.2 Å². The smallest absolute Gasteiger partial charge is 0.129 e. The molecule has 27 heavy (non-hydrogen) atoms. The van der Waals surface area contributed by atoms with E-state index in [0.29, 0.717) is 23.6 Å². The van der Waals surface area contributed by atoms with E-state index in [1.807, 2.05) is 31.2 Å². The van der Waals surface area contributed by atoms with Gasteiger partial charge in [0.05, 0.1) is 18.4 Å². The number of likely N-dealkylation sites (N-methyl/N-ethyl adjacent to an activating group) is 1. The fourth-order valence-electron chi connectivity index (χ4n) is 2.68. The van der Waals surface area contributed by atoms with Crippen molar-refractivity contribution in [2.45, 2.75) is 33.3 Å². The van der Waals surface area contributed by atoms with E-state index in [9.17, 15) is 0 Å². The Kier molecular flexibility index (Phi) is 7.61. The van der Waals surface area contributed by atoms with E-state index in [1.165, 1.54) is 0 Å². The lowest BCUT2D eigenvalue weighted by Crippen LogP contribution is -2.27. The Morgan fingerprint density at radius 2 is 2.04 bits per heavy atom. The van der Waals surface area contributed by atoms with Crippen LogP contribution >= 0.6 is 0 Å². The predicted octanol–water partition coefficient (Wildman–Crippen LogP) is 3.73. The number of nitrogens with two attached hydrogens (primary N) is 1. The maximum Gasteiger partial charge on any atom is 0.129 e. The van der Waals surface area contributed by atoms with E-state index in [1.54, 1.807) is 19.4 Å². The first-order chi connectivity index (χ1) is 13.0. The molecule has 6 nitrogen and oxygen atoms in total. The van der Waals surface area contributed by atoms with Gasteiger partial charge in [-0.25, -0.2) is 4.98 Å². The van der Waals surface area contributed by atoms with Gasteiger partial charge in [0.1, 0.15) is 11.6 Å². The molecule has 0 saturated carbocycles. The maximum atomic E-state index is 8.66. The van der Waals surface area contributed by atoms with Crippen molar-refractivity contribution in [2.24, 2.45) is 0 Å². The largest absolute Gasteiger partial charge is 0.491 e. The number of rotatable bonds is 10. The minimum Gasteiger partial charge on any atom is -0.491 e. The van der Waals surface area contributed by atoms with Crippen molar-refractivity contribution in [3.8, 4) is 5.75 Å². The lowest BCUT2D eigenvalue weighted by molar-refractivity contribution is 0.205. The van der Waals surface area contributed by atoms with Gasteiger partial charge in [-0.1, -0.05) is 6.92 Å². The number of hydrogen-bond acceptors (Lipinski definition) is 6. The Morgan fingerprint density at radius 1 is 1.26 bits per heavy atom. The molecule has 1 aromatic carbocycles. The molecule has 0 aliphatic rings. The van der Waals surface area contributed by atoms with Crippen LogP contribution in [0.1, 0.15) is 38.3 Å². The number of aromatic nitrogens is 1. The lowest BCUT2D eigenvalue weighted by atomic mass is 10.0. The van der Waals surface area contributed by atoms with Crippen LogP contribution in [-0.4, -0.2) is 43.6 Å². The van der Waals surface area contributed by atoms with Crippen LogP contribution in [-0.2, 0) is 4.74 Å². The van der Waals surface area contributed by atoms with Crippen molar-refractivity contribution < 1.29 is 9.47 Å². The fourth-order valence-corrected chi connectivity index (χ4v) is 2.68. The first-order valence-electron chi connectivity index (χ1n) is 9.35. The average molecular weight is 370 g/mol. The zero-order valence-electron chi connectivity index (χ0n) is 16.7. The van der Waals surface area contributed by atoms with Crippen molar-refractivity contribution in [3.05, 3.63) is 47.7 Å². The zero-order valence-corrected chi connectivity index (χ0v) is 16.7. The Labute approximate surface area is 161 Å².